The SMILES string of the molecule is C#C.CC1=NCC(c2cccc3ccccc23)=C1C. The van der Waals surface area contributed by atoms with Gasteiger partial charge in [0.05, 0.1) is 6.54 Å². The van der Waals surface area contributed by atoms with Gasteiger partial charge in [-0.25, -0.2) is 0 Å². The molecule has 0 unspecified atom stereocenters. The molecule has 0 saturated carbocycles. The summed E-state index contributed by atoms with van der Waals surface area (Å²) in [6.07, 6.45) is 8.00. The lowest BCUT2D eigenvalue weighted by Gasteiger charge is -2.08. The molecule has 1 heterocycles. The van der Waals surface area contributed by atoms with Crippen LogP contribution in [-0.2, 0) is 0 Å². The van der Waals surface area contributed by atoms with Crippen LogP contribution in [-0.4, -0.2) is 12.3 Å². The first-order chi connectivity index (χ1) is 9.27. The second-order valence-corrected chi connectivity index (χ2v) is 4.53. The summed E-state index contributed by atoms with van der Waals surface area (Å²) in [5, 5.41) is 2.63. The van der Waals surface area contributed by atoms with Gasteiger partial charge in [-0.05, 0) is 41.3 Å². The molecular formula is C18H17N. The molecule has 1 aliphatic heterocycles. The van der Waals surface area contributed by atoms with Gasteiger partial charge in [-0.3, -0.25) is 4.99 Å². The first-order valence-electron chi connectivity index (χ1n) is 6.30. The zero-order chi connectivity index (χ0) is 13.8. The minimum absolute atomic E-state index is 0.825. The highest BCUT2D eigenvalue weighted by atomic mass is 14.8. The van der Waals surface area contributed by atoms with E-state index in [1.807, 2.05) is 0 Å². The average molecular weight is 247 g/mol. The van der Waals surface area contributed by atoms with E-state index in [0.717, 1.165) is 6.54 Å². The molecule has 0 fully saturated rings. The van der Waals surface area contributed by atoms with Crippen molar-refractivity contribution >= 4 is 22.1 Å². The fourth-order valence-electron chi connectivity index (χ4n) is 2.43. The summed E-state index contributed by atoms with van der Waals surface area (Å²) in [6, 6.07) is 15.0. The van der Waals surface area contributed by atoms with Crippen molar-refractivity contribution in [2.75, 3.05) is 6.54 Å². The van der Waals surface area contributed by atoms with Gasteiger partial charge in [0, 0.05) is 5.71 Å². The molecule has 1 nitrogen and oxygen atoms in total. The molecule has 2 aromatic rings. The molecule has 0 atom stereocenters. The van der Waals surface area contributed by atoms with Crippen molar-refractivity contribution in [3.63, 3.8) is 0 Å². The third-order valence-electron chi connectivity index (χ3n) is 3.58. The van der Waals surface area contributed by atoms with Crippen LogP contribution in [0.25, 0.3) is 16.3 Å². The lowest BCUT2D eigenvalue weighted by atomic mass is 9.95. The largest absolute Gasteiger partial charge is 0.285 e. The molecule has 3 rings (SSSR count). The number of terminal acetylenes is 1. The zero-order valence-corrected chi connectivity index (χ0v) is 11.4. The van der Waals surface area contributed by atoms with E-state index in [0.29, 0.717) is 0 Å². The van der Waals surface area contributed by atoms with Crippen molar-refractivity contribution < 1.29 is 0 Å². The van der Waals surface area contributed by atoms with Crippen LogP contribution in [0.15, 0.2) is 53.0 Å². The fourth-order valence-corrected chi connectivity index (χ4v) is 2.43. The van der Waals surface area contributed by atoms with E-state index in [4.69, 9.17) is 0 Å². The smallest absolute Gasteiger partial charge is 0.0652 e. The second kappa shape index (κ2) is 5.54. The average Bonchev–Trinajstić information content (AvgIpc) is 2.81. The predicted molar refractivity (Wildman–Crippen MR) is 84.4 cm³/mol. The lowest BCUT2D eigenvalue weighted by Crippen LogP contribution is -1.92. The number of aliphatic imine (C=N–C) groups is 1. The summed E-state index contributed by atoms with van der Waals surface area (Å²) >= 11 is 0. The van der Waals surface area contributed by atoms with E-state index in [2.05, 4.69) is 74.2 Å². The maximum absolute atomic E-state index is 4.52. The second-order valence-electron chi connectivity index (χ2n) is 4.53. The summed E-state index contributed by atoms with van der Waals surface area (Å²) < 4.78 is 0. The van der Waals surface area contributed by atoms with Crippen molar-refractivity contribution in [3.8, 4) is 12.8 Å². The monoisotopic (exact) mass is 247 g/mol. The quantitative estimate of drug-likeness (QED) is 0.665. The molecule has 0 amide bonds. The van der Waals surface area contributed by atoms with E-state index in [-0.39, 0.29) is 0 Å². The summed E-state index contributed by atoms with van der Waals surface area (Å²) in [6.45, 7) is 5.09. The van der Waals surface area contributed by atoms with Crippen LogP contribution in [0.1, 0.15) is 19.4 Å². The van der Waals surface area contributed by atoms with E-state index in [1.54, 1.807) is 0 Å². The van der Waals surface area contributed by atoms with Gasteiger partial charge in [-0.1, -0.05) is 42.5 Å². The lowest BCUT2D eigenvalue weighted by molar-refractivity contribution is 1.29. The van der Waals surface area contributed by atoms with Gasteiger partial charge in [0.2, 0.25) is 0 Å². The molecule has 0 saturated heterocycles. The summed E-state index contributed by atoms with van der Waals surface area (Å²) in [5.74, 6) is 0. The highest BCUT2D eigenvalue weighted by Gasteiger charge is 2.15. The Morgan fingerprint density at radius 3 is 2.32 bits per heavy atom. The molecule has 0 aliphatic carbocycles. The number of benzene rings is 2. The normalized spacial score (nSPS) is 14.0. The van der Waals surface area contributed by atoms with E-state index >= 15 is 0 Å². The maximum atomic E-state index is 4.52. The maximum Gasteiger partial charge on any atom is 0.0652 e. The van der Waals surface area contributed by atoms with Crippen molar-refractivity contribution in [3.05, 3.63) is 53.6 Å². The van der Waals surface area contributed by atoms with E-state index < -0.39 is 0 Å². The Kier molecular flexibility index (Phi) is 3.82. The molecule has 2 aromatic carbocycles. The number of nitrogens with zero attached hydrogens (tertiary/aromatic N) is 1. The summed E-state index contributed by atoms with van der Waals surface area (Å²) in [5.41, 5.74) is 5.22. The minimum Gasteiger partial charge on any atom is -0.285 e. The minimum atomic E-state index is 0.825. The highest BCUT2D eigenvalue weighted by Crippen LogP contribution is 2.30. The number of rotatable bonds is 1. The Hall–Kier alpha value is -2.33. The first-order valence-corrected chi connectivity index (χ1v) is 6.30. The number of hydrogen-bond donors (Lipinski definition) is 0. The molecule has 94 valence electrons. The van der Waals surface area contributed by atoms with Gasteiger partial charge >= 0.3 is 0 Å². The van der Waals surface area contributed by atoms with E-state index in [9.17, 15) is 0 Å². The first kappa shape index (κ1) is 13.1. The van der Waals surface area contributed by atoms with Gasteiger partial charge in [-0.15, -0.1) is 12.8 Å². The third kappa shape index (κ3) is 2.30. The van der Waals surface area contributed by atoms with Crippen LogP contribution in [0, 0.1) is 12.8 Å². The molecule has 0 spiro atoms. The Morgan fingerprint density at radius 1 is 0.947 bits per heavy atom. The third-order valence-corrected chi connectivity index (χ3v) is 3.58. The predicted octanol–water partition coefficient (Wildman–Crippen LogP) is 4.34. The summed E-state index contributed by atoms with van der Waals surface area (Å²) in [7, 11) is 0. The fraction of sp³-hybridized carbons (Fsp3) is 0.167. The standard InChI is InChI=1S/C16H15N.C2H2/c1-11-12(2)17-10-16(11)15-9-5-7-13-6-3-4-8-14(13)15;1-2/h3-9H,10H2,1-2H3;1-2H. The number of fused-ring (bicyclic) bond motifs is 1. The topological polar surface area (TPSA) is 12.4 Å². The molecular weight excluding hydrogens is 230 g/mol. The van der Waals surface area contributed by atoms with Crippen LogP contribution >= 0.6 is 0 Å². The Labute approximate surface area is 114 Å². The van der Waals surface area contributed by atoms with Crippen LogP contribution in [0.4, 0.5) is 0 Å². The zero-order valence-electron chi connectivity index (χ0n) is 11.4. The molecule has 0 bridgehead atoms. The molecule has 19 heavy (non-hydrogen) atoms. The van der Waals surface area contributed by atoms with Gasteiger partial charge in [0.1, 0.15) is 0 Å². The Balaban J connectivity index is 0.000000637. The van der Waals surface area contributed by atoms with Gasteiger partial charge < -0.3 is 0 Å². The number of hydrogen-bond acceptors (Lipinski definition) is 1. The molecule has 0 aromatic heterocycles. The molecule has 0 radical (unpaired) electrons. The highest BCUT2D eigenvalue weighted by molar-refractivity contribution is 6.10. The van der Waals surface area contributed by atoms with Gasteiger partial charge in [0.25, 0.3) is 0 Å². The van der Waals surface area contributed by atoms with Crippen molar-refractivity contribution in [2.24, 2.45) is 4.99 Å². The molecule has 1 aliphatic rings. The van der Waals surface area contributed by atoms with Crippen LogP contribution in [0.3, 0.4) is 0 Å². The molecule has 1 heteroatoms. The molecule has 0 N–H and O–H groups in total. The van der Waals surface area contributed by atoms with Gasteiger partial charge in [-0.2, -0.15) is 0 Å². The van der Waals surface area contributed by atoms with Crippen molar-refractivity contribution in [1.29, 1.82) is 0 Å². The summed E-state index contributed by atoms with van der Waals surface area (Å²) in [4.78, 5) is 4.52. The van der Waals surface area contributed by atoms with Crippen LogP contribution in [0.5, 0.6) is 0 Å². The Bertz CT molecular complexity index is 682. The van der Waals surface area contributed by atoms with Crippen molar-refractivity contribution in [2.45, 2.75) is 13.8 Å². The Morgan fingerprint density at radius 2 is 1.63 bits per heavy atom. The van der Waals surface area contributed by atoms with Gasteiger partial charge in [0.15, 0.2) is 0 Å². The van der Waals surface area contributed by atoms with E-state index in [1.165, 1.54) is 33.2 Å². The van der Waals surface area contributed by atoms with Crippen molar-refractivity contribution in [1.82, 2.24) is 0 Å². The van der Waals surface area contributed by atoms with Crippen LogP contribution < -0.4 is 0 Å². The number of allylic oxidation sites excluding steroid dienone is 1. The van der Waals surface area contributed by atoms with Crippen LogP contribution in [0.2, 0.25) is 0 Å².